The van der Waals surface area contributed by atoms with Gasteiger partial charge < -0.3 is 9.64 Å². The molecule has 2 aliphatic rings. The van der Waals surface area contributed by atoms with E-state index in [0.717, 1.165) is 17.7 Å². The summed E-state index contributed by atoms with van der Waals surface area (Å²) < 4.78 is 5.55. The second-order valence-corrected chi connectivity index (χ2v) is 5.41. The first-order valence-corrected chi connectivity index (χ1v) is 7.31. The highest BCUT2D eigenvalue weighted by atomic mass is 16.5. The standard InChI is InChI=1S/C17H15N3O2/c21-17(20-10-7-12-3-1-2-4-14(12)20)15-16(22-11-19-15)13-5-8-18-9-6-13/h1-6,8-9,11,15-16H,7,10H2/t15-,16-/m1/s1. The zero-order chi connectivity index (χ0) is 14.9. The number of benzene rings is 1. The number of para-hydroxylation sites is 1. The van der Waals surface area contributed by atoms with Crippen molar-refractivity contribution >= 4 is 18.0 Å². The molecule has 1 aromatic heterocycles. The monoisotopic (exact) mass is 293 g/mol. The first kappa shape index (κ1) is 13.0. The molecule has 0 spiro atoms. The van der Waals surface area contributed by atoms with Gasteiger partial charge in [0, 0.05) is 24.6 Å². The van der Waals surface area contributed by atoms with Crippen LogP contribution in [0.4, 0.5) is 5.69 Å². The number of hydrogen-bond acceptors (Lipinski definition) is 4. The topological polar surface area (TPSA) is 54.8 Å². The van der Waals surface area contributed by atoms with Crippen molar-refractivity contribution in [3.8, 4) is 0 Å². The van der Waals surface area contributed by atoms with Crippen molar-refractivity contribution in [2.24, 2.45) is 4.99 Å². The summed E-state index contributed by atoms with van der Waals surface area (Å²) in [5.74, 6) is -0.0134. The fourth-order valence-electron chi connectivity index (χ4n) is 3.05. The zero-order valence-corrected chi connectivity index (χ0v) is 11.9. The van der Waals surface area contributed by atoms with E-state index in [0.29, 0.717) is 6.54 Å². The van der Waals surface area contributed by atoms with Crippen LogP contribution in [-0.4, -0.2) is 29.9 Å². The maximum absolute atomic E-state index is 12.9. The lowest BCUT2D eigenvalue weighted by Gasteiger charge is -2.23. The average molecular weight is 293 g/mol. The van der Waals surface area contributed by atoms with Crippen LogP contribution in [0.25, 0.3) is 0 Å². The van der Waals surface area contributed by atoms with Crippen LogP contribution in [0.2, 0.25) is 0 Å². The van der Waals surface area contributed by atoms with E-state index in [1.807, 2.05) is 35.2 Å². The third-order valence-corrected chi connectivity index (χ3v) is 4.16. The summed E-state index contributed by atoms with van der Waals surface area (Å²) in [5, 5.41) is 0. The van der Waals surface area contributed by atoms with Crippen LogP contribution >= 0.6 is 0 Å². The molecule has 0 saturated carbocycles. The Labute approximate surface area is 128 Å². The maximum Gasteiger partial charge on any atom is 0.256 e. The smallest absolute Gasteiger partial charge is 0.256 e. The number of ether oxygens (including phenoxy) is 1. The Morgan fingerprint density at radius 3 is 2.86 bits per heavy atom. The molecule has 5 heteroatoms. The minimum Gasteiger partial charge on any atom is -0.473 e. The van der Waals surface area contributed by atoms with E-state index >= 15 is 0 Å². The number of carbonyl (C=O) groups is 1. The molecule has 3 heterocycles. The van der Waals surface area contributed by atoms with E-state index in [1.54, 1.807) is 12.4 Å². The van der Waals surface area contributed by atoms with Gasteiger partial charge in [-0.05, 0) is 35.7 Å². The van der Waals surface area contributed by atoms with E-state index in [2.05, 4.69) is 16.0 Å². The molecule has 110 valence electrons. The van der Waals surface area contributed by atoms with Crippen LogP contribution in [0.1, 0.15) is 17.2 Å². The SMILES string of the molecule is O=C([C@@H]1N=CO[C@@H]1c1ccncc1)N1CCc2ccccc21. The van der Waals surface area contributed by atoms with E-state index in [9.17, 15) is 4.79 Å². The molecule has 1 amide bonds. The number of rotatable bonds is 2. The Hall–Kier alpha value is -2.69. The molecule has 0 aliphatic carbocycles. The summed E-state index contributed by atoms with van der Waals surface area (Å²) in [6.45, 7) is 0.702. The highest BCUT2D eigenvalue weighted by molar-refractivity contribution is 6.00. The number of amides is 1. The van der Waals surface area contributed by atoms with E-state index in [-0.39, 0.29) is 12.0 Å². The summed E-state index contributed by atoms with van der Waals surface area (Å²) in [5.41, 5.74) is 3.11. The van der Waals surface area contributed by atoms with Gasteiger partial charge in [-0.15, -0.1) is 0 Å². The Kier molecular flexibility index (Phi) is 3.11. The molecular weight excluding hydrogens is 278 g/mol. The summed E-state index contributed by atoms with van der Waals surface area (Å²) in [6.07, 6.45) is 5.30. The fourth-order valence-corrected chi connectivity index (χ4v) is 3.05. The number of carbonyl (C=O) groups excluding carboxylic acids is 1. The molecule has 0 bridgehead atoms. The quantitative estimate of drug-likeness (QED) is 0.852. The van der Waals surface area contributed by atoms with Crippen LogP contribution in [0.15, 0.2) is 53.8 Å². The van der Waals surface area contributed by atoms with Gasteiger partial charge in [0.1, 0.15) is 0 Å². The maximum atomic E-state index is 12.9. The number of fused-ring (bicyclic) bond motifs is 1. The van der Waals surface area contributed by atoms with Gasteiger partial charge in [-0.3, -0.25) is 9.78 Å². The van der Waals surface area contributed by atoms with Gasteiger partial charge in [-0.2, -0.15) is 0 Å². The van der Waals surface area contributed by atoms with Crippen LogP contribution in [0.5, 0.6) is 0 Å². The van der Waals surface area contributed by atoms with Crippen molar-refractivity contribution in [3.05, 3.63) is 59.9 Å². The predicted octanol–water partition coefficient (Wildman–Crippen LogP) is 2.14. The lowest BCUT2D eigenvalue weighted by atomic mass is 10.0. The summed E-state index contributed by atoms with van der Waals surface area (Å²) in [4.78, 5) is 23.0. The average Bonchev–Trinajstić information content (AvgIpc) is 3.22. The van der Waals surface area contributed by atoms with Gasteiger partial charge in [-0.25, -0.2) is 4.99 Å². The predicted molar refractivity (Wildman–Crippen MR) is 82.8 cm³/mol. The summed E-state index contributed by atoms with van der Waals surface area (Å²) >= 11 is 0. The molecule has 0 saturated heterocycles. The molecule has 5 nitrogen and oxygen atoms in total. The fraction of sp³-hybridized carbons (Fsp3) is 0.235. The van der Waals surface area contributed by atoms with Crippen LogP contribution in [-0.2, 0) is 16.0 Å². The van der Waals surface area contributed by atoms with Gasteiger partial charge in [0.05, 0.1) is 0 Å². The van der Waals surface area contributed by atoms with Crippen molar-refractivity contribution in [2.75, 3.05) is 11.4 Å². The number of nitrogens with zero attached hydrogens (tertiary/aromatic N) is 3. The zero-order valence-electron chi connectivity index (χ0n) is 11.9. The van der Waals surface area contributed by atoms with Crippen molar-refractivity contribution in [3.63, 3.8) is 0 Å². The number of aliphatic imine (C=N–C) groups is 1. The highest BCUT2D eigenvalue weighted by Gasteiger charge is 2.38. The molecule has 2 atom stereocenters. The van der Waals surface area contributed by atoms with Crippen LogP contribution in [0, 0.1) is 0 Å². The van der Waals surface area contributed by atoms with Gasteiger partial charge in [0.25, 0.3) is 5.91 Å². The number of hydrogen-bond donors (Lipinski definition) is 0. The minimum atomic E-state index is -0.534. The lowest BCUT2D eigenvalue weighted by molar-refractivity contribution is -0.121. The number of aromatic nitrogens is 1. The van der Waals surface area contributed by atoms with Crippen LogP contribution < -0.4 is 4.90 Å². The first-order chi connectivity index (χ1) is 10.8. The number of pyridine rings is 1. The molecule has 0 N–H and O–H groups in total. The van der Waals surface area contributed by atoms with E-state index in [4.69, 9.17) is 4.74 Å². The highest BCUT2D eigenvalue weighted by Crippen LogP contribution is 2.33. The Bertz CT molecular complexity index is 730. The van der Waals surface area contributed by atoms with Crippen LogP contribution in [0.3, 0.4) is 0 Å². The molecule has 0 radical (unpaired) electrons. The largest absolute Gasteiger partial charge is 0.473 e. The van der Waals surface area contributed by atoms with Gasteiger partial charge in [0.2, 0.25) is 0 Å². The second-order valence-electron chi connectivity index (χ2n) is 5.41. The first-order valence-electron chi connectivity index (χ1n) is 7.31. The third-order valence-electron chi connectivity index (χ3n) is 4.16. The van der Waals surface area contributed by atoms with Crippen molar-refractivity contribution in [1.82, 2.24) is 4.98 Å². The molecular formula is C17H15N3O2. The minimum absolute atomic E-state index is 0.0134. The summed E-state index contributed by atoms with van der Waals surface area (Å²) in [7, 11) is 0. The van der Waals surface area contributed by atoms with E-state index < -0.39 is 6.04 Å². The molecule has 2 aromatic rings. The Morgan fingerprint density at radius 1 is 1.18 bits per heavy atom. The van der Waals surface area contributed by atoms with Crippen molar-refractivity contribution in [1.29, 1.82) is 0 Å². The van der Waals surface area contributed by atoms with E-state index in [1.165, 1.54) is 12.0 Å². The molecule has 22 heavy (non-hydrogen) atoms. The van der Waals surface area contributed by atoms with Gasteiger partial charge in [-0.1, -0.05) is 18.2 Å². The molecule has 2 aliphatic heterocycles. The molecule has 4 rings (SSSR count). The normalized spacial score (nSPS) is 22.5. The molecule has 0 fully saturated rings. The Balaban J connectivity index is 1.62. The number of anilines is 1. The molecule has 1 aromatic carbocycles. The Morgan fingerprint density at radius 2 is 2.00 bits per heavy atom. The third kappa shape index (κ3) is 2.06. The van der Waals surface area contributed by atoms with Gasteiger partial charge >= 0.3 is 0 Å². The van der Waals surface area contributed by atoms with Crippen molar-refractivity contribution in [2.45, 2.75) is 18.6 Å². The summed E-state index contributed by atoms with van der Waals surface area (Å²) in [6, 6.07) is 11.2. The second kappa shape index (κ2) is 5.26. The lowest BCUT2D eigenvalue weighted by Crippen LogP contribution is -2.39. The van der Waals surface area contributed by atoms with Gasteiger partial charge in [0.15, 0.2) is 18.5 Å². The molecule has 0 unspecified atom stereocenters. The van der Waals surface area contributed by atoms with Crippen molar-refractivity contribution < 1.29 is 9.53 Å².